The van der Waals surface area contributed by atoms with Crippen LogP contribution in [-0.4, -0.2) is 6.54 Å². The van der Waals surface area contributed by atoms with E-state index in [4.69, 9.17) is 8.83 Å². The molecule has 0 radical (unpaired) electrons. The van der Waals surface area contributed by atoms with Crippen molar-refractivity contribution in [3.8, 4) is 0 Å². The van der Waals surface area contributed by atoms with Crippen molar-refractivity contribution < 1.29 is 8.83 Å². The molecule has 3 heteroatoms. The summed E-state index contributed by atoms with van der Waals surface area (Å²) in [4.78, 5) is 0. The van der Waals surface area contributed by atoms with Crippen LogP contribution in [0, 0.1) is 6.92 Å². The van der Waals surface area contributed by atoms with Gasteiger partial charge in [-0.2, -0.15) is 0 Å². The van der Waals surface area contributed by atoms with Gasteiger partial charge in [0.25, 0.3) is 0 Å². The Labute approximate surface area is 102 Å². The van der Waals surface area contributed by atoms with Crippen LogP contribution in [-0.2, 0) is 6.42 Å². The van der Waals surface area contributed by atoms with E-state index in [0.717, 1.165) is 30.9 Å². The SMILES string of the molecule is CCCNC(Cc1ccco1)c1ccoc1C. The maximum atomic E-state index is 5.41. The smallest absolute Gasteiger partial charge is 0.105 e. The lowest BCUT2D eigenvalue weighted by molar-refractivity contribution is 0.441. The van der Waals surface area contributed by atoms with E-state index in [2.05, 4.69) is 12.2 Å². The largest absolute Gasteiger partial charge is 0.469 e. The average Bonchev–Trinajstić information content (AvgIpc) is 2.95. The standard InChI is InChI=1S/C14H19NO2/c1-3-7-15-14(10-12-5-4-8-17-12)13-6-9-16-11(13)2/h4-6,8-9,14-15H,3,7,10H2,1-2H3. The molecule has 92 valence electrons. The first-order chi connectivity index (χ1) is 8.31. The van der Waals surface area contributed by atoms with Gasteiger partial charge in [0, 0.05) is 18.0 Å². The second kappa shape index (κ2) is 5.73. The van der Waals surface area contributed by atoms with Gasteiger partial charge in [0.2, 0.25) is 0 Å². The van der Waals surface area contributed by atoms with E-state index in [0.29, 0.717) is 0 Å². The maximum absolute atomic E-state index is 5.41. The van der Waals surface area contributed by atoms with Crippen molar-refractivity contribution in [3.63, 3.8) is 0 Å². The molecular formula is C14H19NO2. The minimum atomic E-state index is 0.264. The fraction of sp³-hybridized carbons (Fsp3) is 0.429. The Bertz CT molecular complexity index is 431. The molecule has 0 aromatic carbocycles. The molecule has 0 saturated carbocycles. The van der Waals surface area contributed by atoms with Crippen LogP contribution in [0.5, 0.6) is 0 Å². The van der Waals surface area contributed by atoms with Crippen LogP contribution in [0.1, 0.15) is 36.5 Å². The van der Waals surface area contributed by atoms with Crippen molar-refractivity contribution >= 4 is 0 Å². The fourth-order valence-corrected chi connectivity index (χ4v) is 2.00. The van der Waals surface area contributed by atoms with Gasteiger partial charge in [0.05, 0.1) is 12.5 Å². The lowest BCUT2D eigenvalue weighted by Crippen LogP contribution is -2.24. The minimum Gasteiger partial charge on any atom is -0.469 e. The van der Waals surface area contributed by atoms with Crippen LogP contribution in [0.4, 0.5) is 0 Å². The summed E-state index contributed by atoms with van der Waals surface area (Å²) in [6.45, 7) is 5.16. The number of rotatable bonds is 6. The average molecular weight is 233 g/mol. The summed E-state index contributed by atoms with van der Waals surface area (Å²) in [5.74, 6) is 1.98. The van der Waals surface area contributed by atoms with Crippen LogP contribution >= 0.6 is 0 Å². The third-order valence-electron chi connectivity index (χ3n) is 2.90. The summed E-state index contributed by atoms with van der Waals surface area (Å²) in [6, 6.07) is 6.23. The van der Waals surface area contributed by atoms with E-state index in [1.165, 1.54) is 5.56 Å². The number of aryl methyl sites for hydroxylation is 1. The minimum absolute atomic E-state index is 0.264. The van der Waals surface area contributed by atoms with E-state index < -0.39 is 0 Å². The lowest BCUT2D eigenvalue weighted by atomic mass is 10.0. The predicted octanol–water partition coefficient (Wildman–Crippen LogP) is 3.46. The quantitative estimate of drug-likeness (QED) is 0.830. The summed E-state index contributed by atoms with van der Waals surface area (Å²) in [7, 11) is 0. The predicted molar refractivity (Wildman–Crippen MR) is 66.9 cm³/mol. The Kier molecular flexibility index (Phi) is 4.04. The molecule has 0 amide bonds. The number of nitrogens with one attached hydrogen (secondary N) is 1. The van der Waals surface area contributed by atoms with Crippen molar-refractivity contribution in [2.24, 2.45) is 0 Å². The Balaban J connectivity index is 2.11. The van der Waals surface area contributed by atoms with Gasteiger partial charge in [-0.05, 0) is 38.1 Å². The summed E-state index contributed by atoms with van der Waals surface area (Å²) in [5, 5.41) is 3.53. The molecule has 0 saturated heterocycles. The first-order valence-electron chi connectivity index (χ1n) is 6.11. The molecule has 1 unspecified atom stereocenters. The van der Waals surface area contributed by atoms with Gasteiger partial charge in [-0.3, -0.25) is 0 Å². The molecule has 2 aromatic rings. The molecule has 2 aromatic heterocycles. The van der Waals surface area contributed by atoms with Crippen molar-refractivity contribution in [1.82, 2.24) is 5.32 Å². The molecule has 0 aliphatic heterocycles. The van der Waals surface area contributed by atoms with Gasteiger partial charge in [-0.25, -0.2) is 0 Å². The molecule has 2 rings (SSSR count). The van der Waals surface area contributed by atoms with Gasteiger partial charge < -0.3 is 14.2 Å². The van der Waals surface area contributed by atoms with Crippen LogP contribution in [0.3, 0.4) is 0 Å². The molecule has 3 nitrogen and oxygen atoms in total. The molecule has 1 N–H and O–H groups in total. The van der Waals surface area contributed by atoms with Crippen LogP contribution in [0.2, 0.25) is 0 Å². The molecule has 1 atom stereocenters. The van der Waals surface area contributed by atoms with Gasteiger partial charge in [-0.15, -0.1) is 0 Å². The van der Waals surface area contributed by atoms with Crippen LogP contribution < -0.4 is 5.32 Å². The zero-order valence-electron chi connectivity index (χ0n) is 10.4. The van der Waals surface area contributed by atoms with Gasteiger partial charge in [-0.1, -0.05) is 6.92 Å². The Morgan fingerprint density at radius 1 is 1.24 bits per heavy atom. The van der Waals surface area contributed by atoms with Crippen molar-refractivity contribution in [2.45, 2.75) is 32.7 Å². The molecule has 0 spiro atoms. The molecule has 0 fully saturated rings. The third kappa shape index (κ3) is 3.01. The first kappa shape index (κ1) is 12.0. The molecular weight excluding hydrogens is 214 g/mol. The topological polar surface area (TPSA) is 38.3 Å². The molecule has 0 bridgehead atoms. The van der Waals surface area contributed by atoms with Crippen molar-refractivity contribution in [1.29, 1.82) is 0 Å². The van der Waals surface area contributed by atoms with Gasteiger partial charge in [0.15, 0.2) is 0 Å². The Morgan fingerprint density at radius 2 is 2.12 bits per heavy atom. The molecule has 0 aliphatic carbocycles. The number of hydrogen-bond acceptors (Lipinski definition) is 3. The number of hydrogen-bond donors (Lipinski definition) is 1. The highest BCUT2D eigenvalue weighted by atomic mass is 16.3. The Hall–Kier alpha value is -1.48. The zero-order valence-corrected chi connectivity index (χ0v) is 10.4. The monoisotopic (exact) mass is 233 g/mol. The summed E-state index contributed by atoms with van der Waals surface area (Å²) < 4.78 is 10.8. The second-order valence-corrected chi connectivity index (χ2v) is 4.22. The van der Waals surface area contributed by atoms with Crippen molar-refractivity contribution in [2.75, 3.05) is 6.54 Å². The van der Waals surface area contributed by atoms with Gasteiger partial charge in [0.1, 0.15) is 11.5 Å². The lowest BCUT2D eigenvalue weighted by Gasteiger charge is -2.16. The van der Waals surface area contributed by atoms with E-state index in [1.54, 1.807) is 12.5 Å². The second-order valence-electron chi connectivity index (χ2n) is 4.22. The van der Waals surface area contributed by atoms with Crippen LogP contribution in [0.15, 0.2) is 39.6 Å². The maximum Gasteiger partial charge on any atom is 0.105 e. The normalized spacial score (nSPS) is 12.8. The summed E-state index contributed by atoms with van der Waals surface area (Å²) >= 11 is 0. The van der Waals surface area contributed by atoms with Crippen molar-refractivity contribution in [3.05, 3.63) is 47.8 Å². The number of furan rings is 2. The van der Waals surface area contributed by atoms with Crippen LogP contribution in [0.25, 0.3) is 0 Å². The van der Waals surface area contributed by atoms with E-state index in [1.807, 2.05) is 25.1 Å². The highest BCUT2D eigenvalue weighted by Crippen LogP contribution is 2.22. The van der Waals surface area contributed by atoms with Gasteiger partial charge >= 0.3 is 0 Å². The zero-order chi connectivity index (χ0) is 12.1. The highest BCUT2D eigenvalue weighted by Gasteiger charge is 2.16. The highest BCUT2D eigenvalue weighted by molar-refractivity contribution is 5.22. The fourth-order valence-electron chi connectivity index (χ4n) is 2.00. The molecule has 0 aliphatic rings. The molecule has 2 heterocycles. The van der Waals surface area contributed by atoms with E-state index in [9.17, 15) is 0 Å². The van der Waals surface area contributed by atoms with E-state index in [-0.39, 0.29) is 6.04 Å². The van der Waals surface area contributed by atoms with E-state index >= 15 is 0 Å². The first-order valence-corrected chi connectivity index (χ1v) is 6.11. The molecule has 17 heavy (non-hydrogen) atoms. The third-order valence-corrected chi connectivity index (χ3v) is 2.90. The summed E-state index contributed by atoms with van der Waals surface area (Å²) in [5.41, 5.74) is 1.22. The summed E-state index contributed by atoms with van der Waals surface area (Å²) in [6.07, 6.45) is 5.43. The Morgan fingerprint density at radius 3 is 2.71 bits per heavy atom.